The molecule has 2 aromatic carbocycles. The number of carbonyl (C=O) groups excluding carboxylic acids is 2. The lowest BCUT2D eigenvalue weighted by Crippen LogP contribution is -2.41. The van der Waals surface area contributed by atoms with Crippen LogP contribution in [0.1, 0.15) is 39.1 Å². The van der Waals surface area contributed by atoms with Crippen molar-refractivity contribution >= 4 is 23.3 Å². The van der Waals surface area contributed by atoms with Crippen LogP contribution in [0.2, 0.25) is 5.02 Å². The molecule has 5 nitrogen and oxygen atoms in total. The highest BCUT2D eigenvalue weighted by Gasteiger charge is 2.25. The van der Waals surface area contributed by atoms with Crippen LogP contribution in [0.3, 0.4) is 0 Å². The van der Waals surface area contributed by atoms with Gasteiger partial charge in [0.2, 0.25) is 0 Å². The predicted molar refractivity (Wildman–Crippen MR) is 108 cm³/mol. The van der Waals surface area contributed by atoms with Crippen molar-refractivity contribution in [2.75, 3.05) is 26.2 Å². The minimum Gasteiger partial charge on any atom is -0.351 e. The van der Waals surface area contributed by atoms with E-state index in [4.69, 9.17) is 16.9 Å². The van der Waals surface area contributed by atoms with Gasteiger partial charge in [0.15, 0.2) is 5.78 Å². The second kappa shape index (κ2) is 9.50. The Bertz CT molecular complexity index is 881. The van der Waals surface area contributed by atoms with Crippen LogP contribution in [-0.2, 0) is 0 Å². The average Bonchev–Trinajstić information content (AvgIpc) is 2.74. The molecule has 1 heterocycles. The van der Waals surface area contributed by atoms with Gasteiger partial charge in [-0.3, -0.25) is 9.59 Å². The SMILES string of the molecule is N#Cc1cccc(C(=O)NCCN2CCC(C(=O)c3ccc(Cl)cc3)CC2)c1. The Morgan fingerprint density at radius 2 is 1.82 bits per heavy atom. The Balaban J connectivity index is 1.42. The van der Waals surface area contributed by atoms with Crippen molar-refractivity contribution in [3.05, 3.63) is 70.2 Å². The molecule has 0 aromatic heterocycles. The standard InChI is InChI=1S/C22H22ClN3O2/c23-20-6-4-17(5-7-20)21(27)18-8-11-26(12-9-18)13-10-25-22(28)19-3-1-2-16(14-19)15-24/h1-7,14,18H,8-13H2,(H,25,28). The van der Waals surface area contributed by atoms with Crippen molar-refractivity contribution in [3.8, 4) is 6.07 Å². The van der Waals surface area contributed by atoms with Gasteiger partial charge in [0.05, 0.1) is 11.6 Å². The minimum atomic E-state index is -0.176. The molecule has 1 saturated heterocycles. The third-order valence-corrected chi connectivity index (χ3v) is 5.31. The lowest BCUT2D eigenvalue weighted by atomic mass is 9.89. The Labute approximate surface area is 169 Å². The van der Waals surface area contributed by atoms with E-state index in [-0.39, 0.29) is 17.6 Å². The van der Waals surface area contributed by atoms with Gasteiger partial charge in [-0.25, -0.2) is 0 Å². The predicted octanol–water partition coefficient (Wildman–Crippen LogP) is 3.54. The van der Waals surface area contributed by atoms with Crippen molar-refractivity contribution < 1.29 is 9.59 Å². The first-order valence-electron chi connectivity index (χ1n) is 9.37. The summed E-state index contributed by atoms with van der Waals surface area (Å²) in [7, 11) is 0. The summed E-state index contributed by atoms with van der Waals surface area (Å²) in [5.74, 6) is 0.0487. The number of rotatable bonds is 6. The number of benzene rings is 2. The van der Waals surface area contributed by atoms with Crippen molar-refractivity contribution in [1.29, 1.82) is 5.26 Å². The zero-order chi connectivity index (χ0) is 19.9. The van der Waals surface area contributed by atoms with Gasteiger partial charge in [0.1, 0.15) is 0 Å². The van der Waals surface area contributed by atoms with Gasteiger partial charge in [-0.15, -0.1) is 0 Å². The quantitative estimate of drug-likeness (QED) is 0.759. The van der Waals surface area contributed by atoms with Crippen LogP contribution in [0, 0.1) is 17.2 Å². The Morgan fingerprint density at radius 1 is 1.11 bits per heavy atom. The van der Waals surface area contributed by atoms with Crippen LogP contribution in [0.15, 0.2) is 48.5 Å². The molecule has 1 aliphatic heterocycles. The number of nitriles is 1. The first-order chi connectivity index (χ1) is 13.6. The number of hydrogen-bond acceptors (Lipinski definition) is 4. The van der Waals surface area contributed by atoms with Crippen LogP contribution >= 0.6 is 11.6 Å². The molecular formula is C22H22ClN3O2. The number of amides is 1. The summed E-state index contributed by atoms with van der Waals surface area (Å²) in [5, 5.41) is 12.4. The van der Waals surface area contributed by atoms with Crippen molar-refractivity contribution in [1.82, 2.24) is 10.2 Å². The summed E-state index contributed by atoms with van der Waals surface area (Å²) >= 11 is 5.88. The maximum Gasteiger partial charge on any atom is 0.251 e. The van der Waals surface area contributed by atoms with Crippen molar-refractivity contribution in [2.24, 2.45) is 5.92 Å². The van der Waals surface area contributed by atoms with Gasteiger partial charge < -0.3 is 10.2 Å². The van der Waals surface area contributed by atoms with E-state index in [1.54, 1.807) is 48.5 Å². The van der Waals surface area contributed by atoms with E-state index in [1.807, 2.05) is 6.07 Å². The molecule has 0 saturated carbocycles. The number of carbonyl (C=O) groups is 2. The van der Waals surface area contributed by atoms with Gasteiger partial charge in [-0.05, 0) is 68.4 Å². The molecule has 144 valence electrons. The van der Waals surface area contributed by atoms with Gasteiger partial charge in [-0.1, -0.05) is 17.7 Å². The summed E-state index contributed by atoms with van der Waals surface area (Å²) in [4.78, 5) is 27.0. The topological polar surface area (TPSA) is 73.2 Å². The highest BCUT2D eigenvalue weighted by atomic mass is 35.5. The van der Waals surface area contributed by atoms with E-state index in [2.05, 4.69) is 10.2 Å². The Kier molecular flexibility index (Phi) is 6.80. The van der Waals surface area contributed by atoms with Crippen LogP contribution in [0.25, 0.3) is 0 Å². The number of halogens is 1. The van der Waals surface area contributed by atoms with Gasteiger partial charge in [0, 0.05) is 35.2 Å². The summed E-state index contributed by atoms with van der Waals surface area (Å²) in [6.07, 6.45) is 1.64. The zero-order valence-corrected chi connectivity index (χ0v) is 16.3. The van der Waals surface area contributed by atoms with Crippen LogP contribution in [0.4, 0.5) is 0 Å². The largest absolute Gasteiger partial charge is 0.351 e. The monoisotopic (exact) mass is 395 g/mol. The molecular weight excluding hydrogens is 374 g/mol. The molecule has 0 unspecified atom stereocenters. The Hall–Kier alpha value is -2.68. The van der Waals surface area contributed by atoms with E-state index < -0.39 is 0 Å². The fraction of sp³-hybridized carbons (Fsp3) is 0.318. The molecule has 6 heteroatoms. The third kappa shape index (κ3) is 5.19. The third-order valence-electron chi connectivity index (χ3n) is 5.05. The molecule has 1 N–H and O–H groups in total. The molecule has 1 aliphatic rings. The maximum atomic E-state index is 12.6. The number of hydrogen-bond donors (Lipinski definition) is 1. The van der Waals surface area contributed by atoms with Crippen LogP contribution < -0.4 is 5.32 Å². The van der Waals surface area contributed by atoms with Crippen LogP contribution in [0.5, 0.6) is 0 Å². The van der Waals surface area contributed by atoms with Gasteiger partial charge in [-0.2, -0.15) is 5.26 Å². The zero-order valence-electron chi connectivity index (χ0n) is 15.5. The summed E-state index contributed by atoms with van der Waals surface area (Å²) in [6.45, 7) is 2.95. The molecule has 0 aliphatic carbocycles. The molecule has 0 radical (unpaired) electrons. The lowest BCUT2D eigenvalue weighted by molar-refractivity contribution is 0.0839. The number of Topliss-reactive ketones (excluding diaryl/α,β-unsaturated/α-hetero) is 1. The van der Waals surface area contributed by atoms with Crippen molar-refractivity contribution in [2.45, 2.75) is 12.8 Å². The number of nitrogens with one attached hydrogen (secondary N) is 1. The van der Waals surface area contributed by atoms with Gasteiger partial charge in [0.25, 0.3) is 5.91 Å². The number of ketones is 1. The minimum absolute atomic E-state index is 0.0424. The molecule has 3 rings (SSSR count). The molecule has 0 atom stereocenters. The van der Waals surface area contributed by atoms with E-state index >= 15 is 0 Å². The molecule has 2 aromatic rings. The summed E-state index contributed by atoms with van der Waals surface area (Å²) < 4.78 is 0. The molecule has 0 spiro atoms. The van der Waals surface area contributed by atoms with E-state index in [1.165, 1.54) is 0 Å². The van der Waals surface area contributed by atoms with Crippen LogP contribution in [-0.4, -0.2) is 42.8 Å². The molecule has 0 bridgehead atoms. The molecule has 1 amide bonds. The maximum absolute atomic E-state index is 12.6. The molecule has 28 heavy (non-hydrogen) atoms. The number of likely N-dealkylation sites (tertiary alicyclic amines) is 1. The van der Waals surface area contributed by atoms with Gasteiger partial charge >= 0.3 is 0 Å². The highest BCUT2D eigenvalue weighted by Crippen LogP contribution is 2.22. The first-order valence-corrected chi connectivity index (χ1v) is 9.75. The van der Waals surface area contributed by atoms with Crippen molar-refractivity contribution in [3.63, 3.8) is 0 Å². The summed E-state index contributed by atoms with van der Waals surface area (Å²) in [5.41, 5.74) is 1.68. The number of nitrogens with zero attached hydrogens (tertiary/aromatic N) is 2. The van der Waals surface area contributed by atoms with E-state index in [0.29, 0.717) is 22.7 Å². The smallest absolute Gasteiger partial charge is 0.251 e. The fourth-order valence-electron chi connectivity index (χ4n) is 3.43. The highest BCUT2D eigenvalue weighted by molar-refractivity contribution is 6.30. The Morgan fingerprint density at radius 3 is 2.50 bits per heavy atom. The lowest BCUT2D eigenvalue weighted by Gasteiger charge is -2.31. The molecule has 1 fully saturated rings. The fourth-order valence-corrected chi connectivity index (χ4v) is 3.55. The number of piperidine rings is 1. The normalized spacial score (nSPS) is 15.0. The second-order valence-corrected chi connectivity index (χ2v) is 7.37. The van der Waals surface area contributed by atoms with E-state index in [9.17, 15) is 9.59 Å². The second-order valence-electron chi connectivity index (χ2n) is 6.94. The average molecular weight is 396 g/mol. The first kappa shape index (κ1) is 20.1. The van der Waals surface area contributed by atoms with E-state index in [0.717, 1.165) is 38.0 Å². The summed E-state index contributed by atoms with van der Waals surface area (Å²) in [6, 6.07) is 15.8.